The molecule has 0 bridgehead atoms. The van der Waals surface area contributed by atoms with Crippen LogP contribution in [0.15, 0.2) is 33.4 Å². The lowest BCUT2D eigenvalue weighted by atomic mass is 10.4. The summed E-state index contributed by atoms with van der Waals surface area (Å²) in [7, 11) is 0. The van der Waals surface area contributed by atoms with Crippen LogP contribution in [0.25, 0.3) is 11.5 Å². The molecule has 2 aromatic rings. The van der Waals surface area contributed by atoms with Gasteiger partial charge < -0.3 is 8.94 Å². The summed E-state index contributed by atoms with van der Waals surface area (Å²) in [6, 6.07) is 5.21. The van der Waals surface area contributed by atoms with Gasteiger partial charge in [-0.1, -0.05) is 5.16 Å². The summed E-state index contributed by atoms with van der Waals surface area (Å²) in [5, 5.41) is 3.42. The third-order valence-corrected chi connectivity index (χ3v) is 1.16. The summed E-state index contributed by atoms with van der Waals surface area (Å²) in [6.07, 6.45) is 4.12. The molecule has 0 saturated carbocycles. The Morgan fingerprint density at radius 1 is 1.40 bits per heavy atom. The molecule has 3 heteroatoms. The first-order valence-corrected chi connectivity index (χ1v) is 2.83. The molecule has 10 heavy (non-hydrogen) atoms. The summed E-state index contributed by atoms with van der Waals surface area (Å²) in [5.74, 6) is 1.28. The van der Waals surface area contributed by atoms with Crippen LogP contribution in [0.3, 0.4) is 0 Å². The van der Waals surface area contributed by atoms with E-state index < -0.39 is 0 Å². The molecule has 2 rings (SSSR count). The lowest BCUT2D eigenvalue weighted by molar-refractivity contribution is 0.416. The predicted molar refractivity (Wildman–Crippen MR) is 33.0 cm³/mol. The second kappa shape index (κ2) is 2.02. The van der Waals surface area contributed by atoms with Gasteiger partial charge in [0.25, 0.3) is 0 Å². The fourth-order valence-electron chi connectivity index (χ4n) is 0.722. The van der Waals surface area contributed by atoms with Gasteiger partial charge in [0.15, 0.2) is 5.76 Å². The van der Waals surface area contributed by atoms with E-state index in [0.717, 1.165) is 0 Å². The highest BCUT2D eigenvalue weighted by atomic mass is 16.5. The van der Waals surface area contributed by atoms with Gasteiger partial charge in [-0.15, -0.1) is 0 Å². The van der Waals surface area contributed by atoms with Crippen LogP contribution in [0.5, 0.6) is 0 Å². The van der Waals surface area contributed by atoms with Crippen molar-refractivity contribution in [2.24, 2.45) is 0 Å². The third kappa shape index (κ3) is 0.719. The zero-order chi connectivity index (χ0) is 6.81. The molecular formula is C7H4NO2. The first-order chi connectivity index (χ1) is 4.97. The second-order valence-corrected chi connectivity index (χ2v) is 1.80. The minimum absolute atomic E-state index is 0.602. The van der Waals surface area contributed by atoms with Crippen molar-refractivity contribution in [2.75, 3.05) is 0 Å². The fraction of sp³-hybridized carbons (Fsp3) is 0. The normalized spacial score (nSPS) is 10.0. The van der Waals surface area contributed by atoms with Crippen LogP contribution in [0.1, 0.15) is 0 Å². The zero-order valence-electron chi connectivity index (χ0n) is 5.07. The van der Waals surface area contributed by atoms with Gasteiger partial charge in [-0.3, -0.25) is 0 Å². The summed E-state index contributed by atoms with van der Waals surface area (Å²) < 4.78 is 9.80. The smallest absolute Gasteiger partial charge is 0.202 e. The van der Waals surface area contributed by atoms with E-state index in [9.17, 15) is 0 Å². The topological polar surface area (TPSA) is 39.2 Å². The fourth-order valence-corrected chi connectivity index (χ4v) is 0.722. The summed E-state index contributed by atoms with van der Waals surface area (Å²) in [4.78, 5) is 0. The van der Waals surface area contributed by atoms with Crippen LogP contribution in [-0.2, 0) is 0 Å². The lowest BCUT2D eigenvalue weighted by Crippen LogP contribution is -1.62. The number of hydrogen-bond acceptors (Lipinski definition) is 3. The molecule has 0 saturated heterocycles. The van der Waals surface area contributed by atoms with Gasteiger partial charge in [-0.25, -0.2) is 0 Å². The molecular weight excluding hydrogens is 130 g/mol. The number of aromatic nitrogens is 1. The van der Waals surface area contributed by atoms with Crippen molar-refractivity contribution in [3.63, 3.8) is 0 Å². The molecule has 0 atom stereocenters. The molecule has 0 aliphatic rings. The highest BCUT2D eigenvalue weighted by Gasteiger charge is 2.02. The van der Waals surface area contributed by atoms with Crippen molar-refractivity contribution in [1.29, 1.82) is 0 Å². The number of hydrogen-bond donors (Lipinski definition) is 0. The van der Waals surface area contributed by atoms with Crippen LogP contribution in [-0.4, -0.2) is 5.16 Å². The van der Waals surface area contributed by atoms with E-state index >= 15 is 0 Å². The minimum Gasteiger partial charge on any atom is -0.461 e. The largest absolute Gasteiger partial charge is 0.461 e. The summed E-state index contributed by atoms with van der Waals surface area (Å²) in [6.45, 7) is 0. The molecule has 0 fully saturated rings. The van der Waals surface area contributed by atoms with E-state index in [0.29, 0.717) is 11.5 Å². The van der Waals surface area contributed by atoms with Crippen molar-refractivity contribution in [3.8, 4) is 11.5 Å². The Bertz CT molecular complexity index is 251. The van der Waals surface area contributed by atoms with Crippen LogP contribution >= 0.6 is 0 Å². The Morgan fingerprint density at radius 2 is 2.40 bits per heavy atom. The van der Waals surface area contributed by atoms with Gasteiger partial charge in [0.2, 0.25) is 5.76 Å². The SMILES string of the molecule is [c]1cc(-c2ccco2)on1. The van der Waals surface area contributed by atoms with Gasteiger partial charge in [-0.2, -0.15) is 0 Å². The van der Waals surface area contributed by atoms with E-state index in [-0.39, 0.29) is 0 Å². The Hall–Kier alpha value is -1.51. The van der Waals surface area contributed by atoms with Gasteiger partial charge in [0, 0.05) is 6.07 Å². The van der Waals surface area contributed by atoms with Crippen LogP contribution in [0.4, 0.5) is 0 Å². The van der Waals surface area contributed by atoms with Crippen molar-refractivity contribution < 1.29 is 8.94 Å². The van der Waals surface area contributed by atoms with E-state index in [1.54, 1.807) is 24.5 Å². The second-order valence-electron chi connectivity index (χ2n) is 1.80. The van der Waals surface area contributed by atoms with Gasteiger partial charge in [-0.05, 0) is 12.1 Å². The Morgan fingerprint density at radius 3 is 3.00 bits per heavy atom. The predicted octanol–water partition coefficient (Wildman–Crippen LogP) is 1.73. The third-order valence-electron chi connectivity index (χ3n) is 1.16. The molecule has 0 spiro atoms. The lowest BCUT2D eigenvalue weighted by Gasteiger charge is -1.82. The average Bonchev–Trinajstić information content (AvgIpc) is 2.59. The highest BCUT2D eigenvalue weighted by molar-refractivity contribution is 5.47. The molecule has 0 amide bonds. The quantitative estimate of drug-likeness (QED) is 0.596. The molecule has 0 unspecified atom stereocenters. The number of furan rings is 1. The summed E-state index contributed by atoms with van der Waals surface area (Å²) >= 11 is 0. The maximum absolute atomic E-state index is 5.02. The van der Waals surface area contributed by atoms with E-state index in [1.807, 2.05) is 0 Å². The monoisotopic (exact) mass is 134 g/mol. The van der Waals surface area contributed by atoms with Crippen molar-refractivity contribution in [2.45, 2.75) is 0 Å². The maximum Gasteiger partial charge on any atom is 0.202 e. The zero-order valence-corrected chi connectivity index (χ0v) is 5.07. The maximum atomic E-state index is 5.02. The van der Waals surface area contributed by atoms with Gasteiger partial charge in [0.05, 0.1) is 6.26 Å². The average molecular weight is 134 g/mol. The molecule has 0 N–H and O–H groups in total. The van der Waals surface area contributed by atoms with Crippen molar-refractivity contribution in [3.05, 3.63) is 30.7 Å². The standard InChI is InChI=1S/C7H4NO2/c1-2-6(9-5-1)7-3-4-8-10-7/h1-3,5H. The van der Waals surface area contributed by atoms with Gasteiger partial charge >= 0.3 is 0 Å². The Balaban J connectivity index is 2.48. The Kier molecular flexibility index (Phi) is 1.07. The van der Waals surface area contributed by atoms with Crippen LogP contribution in [0.2, 0.25) is 0 Å². The molecule has 1 radical (unpaired) electrons. The minimum atomic E-state index is 0.602. The molecule has 3 nitrogen and oxygen atoms in total. The number of nitrogens with zero attached hydrogens (tertiary/aromatic N) is 1. The first-order valence-electron chi connectivity index (χ1n) is 2.83. The first kappa shape index (κ1) is 5.29. The molecule has 2 aromatic heterocycles. The van der Waals surface area contributed by atoms with Crippen LogP contribution in [0, 0.1) is 6.20 Å². The molecule has 49 valence electrons. The van der Waals surface area contributed by atoms with E-state index in [1.165, 1.54) is 0 Å². The van der Waals surface area contributed by atoms with E-state index in [2.05, 4.69) is 11.4 Å². The van der Waals surface area contributed by atoms with Crippen LogP contribution < -0.4 is 0 Å². The van der Waals surface area contributed by atoms with Crippen molar-refractivity contribution in [1.82, 2.24) is 5.16 Å². The molecule has 0 aliphatic carbocycles. The van der Waals surface area contributed by atoms with E-state index in [4.69, 9.17) is 8.94 Å². The summed E-state index contributed by atoms with van der Waals surface area (Å²) in [5.41, 5.74) is 0. The molecule has 2 heterocycles. The van der Waals surface area contributed by atoms with Gasteiger partial charge in [0.1, 0.15) is 6.20 Å². The highest BCUT2D eigenvalue weighted by Crippen LogP contribution is 2.17. The Labute approximate surface area is 57.2 Å². The molecule has 0 aliphatic heterocycles. The molecule has 0 aromatic carbocycles. The van der Waals surface area contributed by atoms with Crippen molar-refractivity contribution >= 4 is 0 Å². The number of rotatable bonds is 1.